The predicted octanol–water partition coefficient (Wildman–Crippen LogP) is 1.49. The van der Waals surface area contributed by atoms with E-state index in [2.05, 4.69) is 10.3 Å². The molecule has 0 spiro atoms. The quantitative estimate of drug-likeness (QED) is 0.653. The summed E-state index contributed by atoms with van der Waals surface area (Å²) in [5, 5.41) is 0. The number of rotatable bonds is 3. The van der Waals surface area contributed by atoms with Gasteiger partial charge in [-0.25, -0.2) is 5.48 Å². The third-order valence-corrected chi connectivity index (χ3v) is 2.72. The first-order valence-electron chi connectivity index (χ1n) is 4.58. The van der Waals surface area contributed by atoms with E-state index in [9.17, 15) is 4.79 Å². The molecule has 1 aliphatic rings. The molecule has 3 heteroatoms. The van der Waals surface area contributed by atoms with E-state index < -0.39 is 0 Å². The van der Waals surface area contributed by atoms with Crippen LogP contribution in [0.1, 0.15) is 32.6 Å². The molecule has 1 saturated carbocycles. The van der Waals surface area contributed by atoms with Gasteiger partial charge >= 0.3 is 0 Å². The van der Waals surface area contributed by atoms with Gasteiger partial charge in [-0.15, -0.1) is 0 Å². The second kappa shape index (κ2) is 4.45. The van der Waals surface area contributed by atoms with Crippen LogP contribution in [0.5, 0.6) is 0 Å². The van der Waals surface area contributed by atoms with Gasteiger partial charge < -0.3 is 0 Å². The molecule has 1 atom stereocenters. The lowest BCUT2D eigenvalue weighted by Crippen LogP contribution is -2.31. The van der Waals surface area contributed by atoms with Crippen LogP contribution in [0.25, 0.3) is 0 Å². The molecule has 1 aliphatic carbocycles. The lowest BCUT2D eigenvalue weighted by Gasteiger charge is -2.16. The van der Waals surface area contributed by atoms with Gasteiger partial charge in [0, 0.05) is 5.92 Å². The van der Waals surface area contributed by atoms with Crippen molar-refractivity contribution >= 4 is 5.91 Å². The van der Waals surface area contributed by atoms with E-state index >= 15 is 0 Å². The van der Waals surface area contributed by atoms with Crippen LogP contribution in [0.3, 0.4) is 0 Å². The van der Waals surface area contributed by atoms with Gasteiger partial charge in [-0.05, 0) is 18.8 Å². The highest BCUT2D eigenvalue weighted by Crippen LogP contribution is 2.31. The standard InChI is InChI=1S/C9H17NO2/c1-7(9(11)10-12-2)8-5-3-4-6-8/h7-8H,3-6H2,1-2H3,(H,10,11). The van der Waals surface area contributed by atoms with Gasteiger partial charge in [0.2, 0.25) is 5.91 Å². The Hall–Kier alpha value is -0.570. The van der Waals surface area contributed by atoms with Gasteiger partial charge in [0.25, 0.3) is 0 Å². The van der Waals surface area contributed by atoms with Crippen molar-refractivity contribution in [1.82, 2.24) is 5.48 Å². The SMILES string of the molecule is CONC(=O)C(C)C1CCCC1. The number of carbonyl (C=O) groups is 1. The Morgan fingerprint density at radius 2 is 2.08 bits per heavy atom. The molecule has 1 rings (SSSR count). The second-order valence-electron chi connectivity index (χ2n) is 3.50. The van der Waals surface area contributed by atoms with Gasteiger partial charge in [-0.3, -0.25) is 9.63 Å². The minimum Gasteiger partial charge on any atom is -0.277 e. The van der Waals surface area contributed by atoms with Crippen LogP contribution in [0, 0.1) is 11.8 Å². The Balaban J connectivity index is 2.34. The van der Waals surface area contributed by atoms with Crippen molar-refractivity contribution in [3.05, 3.63) is 0 Å². The summed E-state index contributed by atoms with van der Waals surface area (Å²) in [5.74, 6) is 0.692. The number of hydrogen-bond donors (Lipinski definition) is 1. The average molecular weight is 171 g/mol. The monoisotopic (exact) mass is 171 g/mol. The fourth-order valence-electron chi connectivity index (χ4n) is 1.87. The summed E-state index contributed by atoms with van der Waals surface area (Å²) in [4.78, 5) is 15.9. The first-order chi connectivity index (χ1) is 5.75. The topological polar surface area (TPSA) is 38.3 Å². The molecule has 70 valence electrons. The summed E-state index contributed by atoms with van der Waals surface area (Å²) < 4.78 is 0. The van der Waals surface area contributed by atoms with E-state index in [0.717, 1.165) is 0 Å². The molecule has 1 amide bonds. The highest BCUT2D eigenvalue weighted by molar-refractivity contribution is 5.77. The smallest absolute Gasteiger partial charge is 0.246 e. The van der Waals surface area contributed by atoms with Crippen molar-refractivity contribution in [2.24, 2.45) is 11.8 Å². The summed E-state index contributed by atoms with van der Waals surface area (Å²) in [6.07, 6.45) is 4.93. The van der Waals surface area contributed by atoms with Crippen LogP contribution in [0.2, 0.25) is 0 Å². The number of hydrogen-bond acceptors (Lipinski definition) is 2. The number of carbonyl (C=O) groups excluding carboxylic acids is 1. The summed E-state index contributed by atoms with van der Waals surface area (Å²) >= 11 is 0. The van der Waals surface area contributed by atoms with Crippen molar-refractivity contribution in [2.45, 2.75) is 32.6 Å². The lowest BCUT2D eigenvalue weighted by atomic mass is 9.92. The molecule has 0 radical (unpaired) electrons. The van der Waals surface area contributed by atoms with Crippen LogP contribution < -0.4 is 5.48 Å². The molecule has 0 heterocycles. The Labute approximate surface area is 73.4 Å². The fourth-order valence-corrected chi connectivity index (χ4v) is 1.87. The summed E-state index contributed by atoms with van der Waals surface area (Å²) in [6, 6.07) is 0. The zero-order valence-electron chi connectivity index (χ0n) is 7.80. The van der Waals surface area contributed by atoms with E-state index in [-0.39, 0.29) is 11.8 Å². The van der Waals surface area contributed by atoms with Crippen molar-refractivity contribution < 1.29 is 9.63 Å². The third kappa shape index (κ3) is 2.21. The first kappa shape index (κ1) is 9.52. The van der Waals surface area contributed by atoms with E-state index in [4.69, 9.17) is 0 Å². The van der Waals surface area contributed by atoms with Gasteiger partial charge in [0.15, 0.2) is 0 Å². The van der Waals surface area contributed by atoms with Crippen LogP contribution >= 0.6 is 0 Å². The predicted molar refractivity (Wildman–Crippen MR) is 46.3 cm³/mol. The Bertz CT molecular complexity index is 153. The minimum atomic E-state index is 0.0180. The normalized spacial score (nSPS) is 20.8. The Morgan fingerprint density at radius 3 is 2.58 bits per heavy atom. The number of hydroxylamine groups is 1. The molecule has 12 heavy (non-hydrogen) atoms. The average Bonchev–Trinajstić information content (AvgIpc) is 2.55. The van der Waals surface area contributed by atoms with Crippen molar-refractivity contribution in [1.29, 1.82) is 0 Å². The Morgan fingerprint density at radius 1 is 1.50 bits per heavy atom. The van der Waals surface area contributed by atoms with Gasteiger partial charge in [0.1, 0.15) is 0 Å². The minimum absolute atomic E-state index is 0.0180. The molecular weight excluding hydrogens is 154 g/mol. The molecule has 0 bridgehead atoms. The second-order valence-corrected chi connectivity index (χ2v) is 3.50. The van der Waals surface area contributed by atoms with Crippen LogP contribution in [-0.4, -0.2) is 13.0 Å². The van der Waals surface area contributed by atoms with E-state index in [0.29, 0.717) is 5.92 Å². The van der Waals surface area contributed by atoms with Crippen LogP contribution in [0.4, 0.5) is 0 Å². The third-order valence-electron chi connectivity index (χ3n) is 2.72. The van der Waals surface area contributed by atoms with E-state index in [1.54, 1.807) is 0 Å². The highest BCUT2D eigenvalue weighted by atomic mass is 16.6. The van der Waals surface area contributed by atoms with Gasteiger partial charge in [0.05, 0.1) is 7.11 Å². The fraction of sp³-hybridized carbons (Fsp3) is 0.889. The first-order valence-corrected chi connectivity index (χ1v) is 4.58. The van der Waals surface area contributed by atoms with Crippen LogP contribution in [-0.2, 0) is 9.63 Å². The van der Waals surface area contributed by atoms with E-state index in [1.165, 1.54) is 32.8 Å². The molecule has 1 fully saturated rings. The molecular formula is C9H17NO2. The van der Waals surface area contributed by atoms with Crippen molar-refractivity contribution in [3.63, 3.8) is 0 Å². The maximum atomic E-state index is 11.3. The van der Waals surface area contributed by atoms with Gasteiger partial charge in [-0.2, -0.15) is 0 Å². The molecule has 0 aliphatic heterocycles. The largest absolute Gasteiger partial charge is 0.277 e. The zero-order valence-corrected chi connectivity index (χ0v) is 7.80. The van der Waals surface area contributed by atoms with Crippen molar-refractivity contribution in [2.75, 3.05) is 7.11 Å². The molecule has 1 unspecified atom stereocenters. The molecule has 0 aromatic rings. The van der Waals surface area contributed by atoms with Crippen molar-refractivity contribution in [3.8, 4) is 0 Å². The number of amides is 1. The van der Waals surface area contributed by atoms with Gasteiger partial charge in [-0.1, -0.05) is 19.8 Å². The Kier molecular flexibility index (Phi) is 3.53. The summed E-state index contributed by atoms with van der Waals surface area (Å²) in [7, 11) is 1.47. The summed E-state index contributed by atoms with van der Waals surface area (Å²) in [6.45, 7) is 1.98. The molecule has 0 aromatic heterocycles. The maximum absolute atomic E-state index is 11.3. The number of nitrogens with one attached hydrogen (secondary N) is 1. The van der Waals surface area contributed by atoms with Crippen LogP contribution in [0.15, 0.2) is 0 Å². The lowest BCUT2D eigenvalue weighted by molar-refractivity contribution is -0.136. The summed E-state index contributed by atoms with van der Waals surface area (Å²) in [5.41, 5.74) is 2.38. The molecule has 3 nitrogen and oxygen atoms in total. The highest BCUT2D eigenvalue weighted by Gasteiger charge is 2.26. The molecule has 0 aromatic carbocycles. The molecule has 1 N–H and O–H groups in total. The molecule has 0 saturated heterocycles. The zero-order chi connectivity index (χ0) is 8.97. The van der Waals surface area contributed by atoms with E-state index in [1.807, 2.05) is 6.92 Å². The maximum Gasteiger partial charge on any atom is 0.246 e.